The summed E-state index contributed by atoms with van der Waals surface area (Å²) in [5.74, 6) is 0.496. The largest absolute Gasteiger partial charge is 0.462 e. The van der Waals surface area contributed by atoms with Gasteiger partial charge in [0.05, 0.1) is 5.03 Å². The van der Waals surface area contributed by atoms with Crippen LogP contribution >= 0.6 is 11.8 Å². The van der Waals surface area contributed by atoms with E-state index in [1.165, 1.54) is 6.92 Å². The number of rotatable bonds is 4. The molecule has 1 aromatic heterocycles. The second-order valence-corrected chi connectivity index (χ2v) is 3.94. The number of ether oxygens (including phenoxy) is 1. The van der Waals surface area contributed by atoms with E-state index in [-0.39, 0.29) is 12.1 Å². The van der Waals surface area contributed by atoms with Gasteiger partial charge in [0.2, 0.25) is 0 Å². The molecule has 0 saturated heterocycles. The van der Waals surface area contributed by atoms with Crippen LogP contribution in [0.1, 0.15) is 13.8 Å². The highest BCUT2D eigenvalue weighted by atomic mass is 32.2. The van der Waals surface area contributed by atoms with E-state index in [2.05, 4.69) is 4.98 Å². The molecule has 1 atom stereocenters. The first-order valence-electron chi connectivity index (χ1n) is 4.39. The molecule has 4 heteroatoms. The minimum atomic E-state index is -0.237. The number of nitrogens with zero attached hydrogens (tertiary/aromatic N) is 1. The van der Waals surface area contributed by atoms with Gasteiger partial charge in [-0.05, 0) is 19.1 Å². The van der Waals surface area contributed by atoms with E-state index in [0.29, 0.717) is 0 Å². The lowest BCUT2D eigenvalue weighted by molar-refractivity contribution is -0.144. The number of carbonyl (C=O) groups is 1. The maximum absolute atomic E-state index is 10.6. The molecule has 3 nitrogen and oxygen atoms in total. The van der Waals surface area contributed by atoms with Crippen LogP contribution < -0.4 is 0 Å². The smallest absolute Gasteiger partial charge is 0.302 e. The Kier molecular flexibility index (Phi) is 4.46. The van der Waals surface area contributed by atoms with Crippen molar-refractivity contribution in [1.29, 1.82) is 0 Å². The van der Waals surface area contributed by atoms with Crippen LogP contribution in [0, 0.1) is 0 Å². The summed E-state index contributed by atoms with van der Waals surface area (Å²) in [6, 6.07) is 5.75. The molecule has 1 rings (SSSR count). The maximum atomic E-state index is 10.6. The van der Waals surface area contributed by atoms with E-state index in [0.717, 1.165) is 10.8 Å². The fraction of sp³-hybridized carbons (Fsp3) is 0.400. The Morgan fingerprint density at radius 1 is 1.64 bits per heavy atom. The van der Waals surface area contributed by atoms with Gasteiger partial charge in [0, 0.05) is 18.9 Å². The van der Waals surface area contributed by atoms with Gasteiger partial charge >= 0.3 is 5.97 Å². The van der Waals surface area contributed by atoms with E-state index in [1.54, 1.807) is 18.0 Å². The van der Waals surface area contributed by atoms with Gasteiger partial charge in [-0.25, -0.2) is 4.98 Å². The Balaban J connectivity index is 2.30. The summed E-state index contributed by atoms with van der Waals surface area (Å²) in [6.07, 6.45) is 1.68. The monoisotopic (exact) mass is 211 g/mol. The van der Waals surface area contributed by atoms with Gasteiger partial charge in [-0.1, -0.05) is 6.07 Å². The molecule has 0 saturated carbocycles. The summed E-state index contributed by atoms with van der Waals surface area (Å²) < 4.78 is 4.98. The van der Waals surface area contributed by atoms with Crippen molar-refractivity contribution in [1.82, 2.24) is 4.98 Å². The van der Waals surface area contributed by atoms with E-state index >= 15 is 0 Å². The zero-order chi connectivity index (χ0) is 10.4. The van der Waals surface area contributed by atoms with Crippen molar-refractivity contribution < 1.29 is 9.53 Å². The summed E-state index contributed by atoms with van der Waals surface area (Å²) >= 11 is 1.58. The summed E-state index contributed by atoms with van der Waals surface area (Å²) in [5, 5.41) is 0.950. The molecule has 1 aromatic rings. The predicted octanol–water partition coefficient (Wildman–Crippen LogP) is 2.13. The molecule has 0 unspecified atom stereocenters. The third-order valence-electron chi connectivity index (χ3n) is 1.47. The van der Waals surface area contributed by atoms with Crippen LogP contribution in [-0.4, -0.2) is 22.8 Å². The minimum Gasteiger partial charge on any atom is -0.462 e. The number of carbonyl (C=O) groups excluding carboxylic acids is 1. The maximum Gasteiger partial charge on any atom is 0.302 e. The number of esters is 1. The zero-order valence-electron chi connectivity index (χ0n) is 8.27. The topological polar surface area (TPSA) is 39.2 Å². The molecule has 0 radical (unpaired) electrons. The molecular weight excluding hydrogens is 198 g/mol. The summed E-state index contributed by atoms with van der Waals surface area (Å²) in [5.41, 5.74) is 0. The fourth-order valence-electron chi connectivity index (χ4n) is 0.953. The molecule has 14 heavy (non-hydrogen) atoms. The van der Waals surface area contributed by atoms with E-state index in [9.17, 15) is 4.79 Å². The lowest BCUT2D eigenvalue weighted by Gasteiger charge is -2.10. The van der Waals surface area contributed by atoms with Crippen LogP contribution in [0.25, 0.3) is 0 Å². The van der Waals surface area contributed by atoms with E-state index in [4.69, 9.17) is 4.74 Å². The van der Waals surface area contributed by atoms with Crippen LogP contribution in [0.4, 0.5) is 0 Å². The Labute approximate surface area is 87.9 Å². The summed E-state index contributed by atoms with van der Waals surface area (Å²) in [7, 11) is 0. The fourth-order valence-corrected chi connectivity index (χ4v) is 1.74. The van der Waals surface area contributed by atoms with Gasteiger partial charge in [-0.2, -0.15) is 0 Å². The number of pyridine rings is 1. The quantitative estimate of drug-likeness (QED) is 0.565. The molecule has 0 N–H and O–H groups in total. The Bertz CT molecular complexity index is 289. The third-order valence-corrected chi connectivity index (χ3v) is 2.64. The number of hydrogen-bond donors (Lipinski definition) is 0. The standard InChI is InChI=1S/C10H13NO2S/c1-8(13-9(2)12)7-14-10-5-3-4-6-11-10/h3-6,8H,7H2,1-2H3/t8-/m1/s1. The average molecular weight is 211 g/mol. The SMILES string of the molecule is CC(=O)O[C@H](C)CSc1ccccn1. The van der Waals surface area contributed by atoms with Gasteiger partial charge in [-0.3, -0.25) is 4.79 Å². The molecule has 0 aromatic carbocycles. The third kappa shape index (κ3) is 4.28. The number of hydrogen-bond acceptors (Lipinski definition) is 4. The lowest BCUT2D eigenvalue weighted by Crippen LogP contribution is -2.14. The first-order chi connectivity index (χ1) is 6.68. The molecule has 0 fully saturated rings. The highest BCUT2D eigenvalue weighted by Gasteiger charge is 2.05. The van der Waals surface area contributed by atoms with Crippen molar-refractivity contribution in [3.8, 4) is 0 Å². The molecule has 0 bridgehead atoms. The van der Waals surface area contributed by atoms with Gasteiger partial charge in [0.15, 0.2) is 0 Å². The number of thioether (sulfide) groups is 1. The van der Waals surface area contributed by atoms with Crippen LogP contribution in [0.3, 0.4) is 0 Å². The lowest BCUT2D eigenvalue weighted by atomic mass is 10.5. The Morgan fingerprint density at radius 2 is 2.43 bits per heavy atom. The molecule has 0 aliphatic heterocycles. The van der Waals surface area contributed by atoms with Crippen molar-refractivity contribution in [2.24, 2.45) is 0 Å². The van der Waals surface area contributed by atoms with Gasteiger partial charge in [0.1, 0.15) is 6.10 Å². The Hall–Kier alpha value is -1.03. The first kappa shape index (κ1) is 11.0. The zero-order valence-corrected chi connectivity index (χ0v) is 9.08. The van der Waals surface area contributed by atoms with E-state index < -0.39 is 0 Å². The van der Waals surface area contributed by atoms with Crippen molar-refractivity contribution in [2.75, 3.05) is 5.75 Å². The van der Waals surface area contributed by atoms with Crippen molar-refractivity contribution in [3.63, 3.8) is 0 Å². The minimum absolute atomic E-state index is 0.0699. The Morgan fingerprint density at radius 3 is 3.00 bits per heavy atom. The molecule has 1 heterocycles. The highest BCUT2D eigenvalue weighted by molar-refractivity contribution is 7.99. The van der Waals surface area contributed by atoms with Gasteiger partial charge in [-0.15, -0.1) is 11.8 Å². The summed E-state index contributed by atoms with van der Waals surface area (Å²) in [4.78, 5) is 14.8. The molecular formula is C10H13NO2S. The second kappa shape index (κ2) is 5.65. The van der Waals surface area contributed by atoms with Crippen LogP contribution in [0.2, 0.25) is 0 Å². The second-order valence-electron chi connectivity index (χ2n) is 2.90. The van der Waals surface area contributed by atoms with Crippen molar-refractivity contribution >= 4 is 17.7 Å². The van der Waals surface area contributed by atoms with Gasteiger partial charge in [0.25, 0.3) is 0 Å². The molecule has 0 amide bonds. The van der Waals surface area contributed by atoms with Crippen LogP contribution in [0.5, 0.6) is 0 Å². The van der Waals surface area contributed by atoms with Crippen LogP contribution in [-0.2, 0) is 9.53 Å². The molecule has 0 spiro atoms. The van der Waals surface area contributed by atoms with E-state index in [1.807, 2.05) is 25.1 Å². The highest BCUT2D eigenvalue weighted by Crippen LogP contribution is 2.15. The first-order valence-corrected chi connectivity index (χ1v) is 5.38. The van der Waals surface area contributed by atoms with Crippen LogP contribution in [0.15, 0.2) is 29.4 Å². The molecule has 0 aliphatic carbocycles. The van der Waals surface area contributed by atoms with Gasteiger partial charge < -0.3 is 4.74 Å². The average Bonchev–Trinajstić information content (AvgIpc) is 2.15. The predicted molar refractivity (Wildman–Crippen MR) is 56.2 cm³/mol. The van der Waals surface area contributed by atoms with Crippen molar-refractivity contribution in [2.45, 2.75) is 25.0 Å². The summed E-state index contributed by atoms with van der Waals surface area (Å²) in [6.45, 7) is 3.29. The number of aromatic nitrogens is 1. The molecule has 76 valence electrons. The van der Waals surface area contributed by atoms with Crippen molar-refractivity contribution in [3.05, 3.63) is 24.4 Å². The molecule has 0 aliphatic rings. The normalized spacial score (nSPS) is 12.1.